The lowest BCUT2D eigenvalue weighted by Gasteiger charge is -2.22. The highest BCUT2D eigenvalue weighted by Gasteiger charge is 2.34. The molecule has 37 heavy (non-hydrogen) atoms. The van der Waals surface area contributed by atoms with Crippen molar-refractivity contribution >= 4 is 62.6 Å². The van der Waals surface area contributed by atoms with Crippen LogP contribution in [0.1, 0.15) is 22.5 Å². The first-order valence-corrected chi connectivity index (χ1v) is 13.4. The van der Waals surface area contributed by atoms with Crippen LogP contribution in [0.15, 0.2) is 47.6 Å². The van der Waals surface area contributed by atoms with Crippen molar-refractivity contribution in [3.8, 4) is 5.69 Å². The molecule has 0 atom stereocenters. The third kappa shape index (κ3) is 6.78. The fourth-order valence-corrected chi connectivity index (χ4v) is 5.01. The zero-order valence-corrected chi connectivity index (χ0v) is 22.7. The van der Waals surface area contributed by atoms with Gasteiger partial charge in [-0.05, 0) is 56.3 Å². The number of benzene rings is 2. The molecule has 0 saturated heterocycles. The summed E-state index contributed by atoms with van der Waals surface area (Å²) in [6, 6.07) is 9.37. The topological polar surface area (TPSA) is 83.8 Å². The third-order valence-electron chi connectivity index (χ3n) is 5.24. The number of sulfonamides is 1. The summed E-state index contributed by atoms with van der Waals surface area (Å²) in [5, 5.41) is 4.23. The lowest BCUT2D eigenvalue weighted by atomic mass is 10.2. The summed E-state index contributed by atoms with van der Waals surface area (Å²) in [5.41, 5.74) is 3.41. The van der Waals surface area contributed by atoms with Crippen molar-refractivity contribution in [3.63, 3.8) is 0 Å². The molecule has 0 radical (unpaired) electrons. The molecule has 0 fully saturated rings. The Kier molecular flexibility index (Phi) is 8.53. The van der Waals surface area contributed by atoms with E-state index in [4.69, 9.17) is 34.8 Å². The number of anilines is 1. The van der Waals surface area contributed by atoms with Crippen LogP contribution in [-0.2, 0) is 21.0 Å². The smallest absolute Gasteiger partial charge is 0.316 e. The van der Waals surface area contributed by atoms with E-state index in [2.05, 4.69) is 10.5 Å². The van der Waals surface area contributed by atoms with Gasteiger partial charge in [0.1, 0.15) is 6.54 Å². The summed E-state index contributed by atoms with van der Waals surface area (Å²) in [6.45, 7) is 2.83. The van der Waals surface area contributed by atoms with Crippen molar-refractivity contribution in [2.45, 2.75) is 20.0 Å². The van der Waals surface area contributed by atoms with Crippen molar-refractivity contribution in [1.82, 2.24) is 9.99 Å². The Labute approximate surface area is 226 Å². The minimum atomic E-state index is -4.81. The van der Waals surface area contributed by atoms with Crippen LogP contribution in [0, 0.1) is 13.8 Å². The molecule has 1 heterocycles. The predicted octanol–water partition coefficient (Wildman–Crippen LogP) is 5.99. The van der Waals surface area contributed by atoms with Crippen LogP contribution in [0.2, 0.25) is 15.1 Å². The molecule has 1 aromatic heterocycles. The molecular weight excluding hydrogens is 576 g/mol. The van der Waals surface area contributed by atoms with Crippen LogP contribution in [0.3, 0.4) is 0 Å². The monoisotopic (exact) mass is 594 g/mol. The number of nitrogens with one attached hydrogen (secondary N) is 1. The van der Waals surface area contributed by atoms with E-state index in [1.54, 1.807) is 31.2 Å². The number of aryl methyl sites for hydroxylation is 1. The summed E-state index contributed by atoms with van der Waals surface area (Å²) < 4.78 is 66.5. The fourth-order valence-electron chi connectivity index (χ4n) is 3.57. The molecule has 0 spiro atoms. The van der Waals surface area contributed by atoms with Gasteiger partial charge in [0.05, 0.1) is 39.5 Å². The van der Waals surface area contributed by atoms with Crippen molar-refractivity contribution in [2.75, 3.05) is 17.1 Å². The van der Waals surface area contributed by atoms with Crippen LogP contribution in [0.5, 0.6) is 0 Å². The van der Waals surface area contributed by atoms with Gasteiger partial charge in [0, 0.05) is 22.0 Å². The molecule has 3 aromatic rings. The molecule has 0 aliphatic rings. The van der Waals surface area contributed by atoms with Crippen LogP contribution in [0.25, 0.3) is 5.69 Å². The van der Waals surface area contributed by atoms with Gasteiger partial charge < -0.3 is 4.57 Å². The Morgan fingerprint density at radius 3 is 2.35 bits per heavy atom. The second kappa shape index (κ2) is 10.9. The zero-order chi connectivity index (χ0) is 27.7. The average Bonchev–Trinajstić information content (AvgIpc) is 3.05. The van der Waals surface area contributed by atoms with Gasteiger partial charge in [0.15, 0.2) is 0 Å². The van der Waals surface area contributed by atoms with Crippen molar-refractivity contribution in [1.29, 1.82) is 0 Å². The minimum Gasteiger partial charge on any atom is -0.316 e. The number of rotatable bonds is 7. The number of amides is 1. The van der Waals surface area contributed by atoms with Crippen LogP contribution >= 0.6 is 34.8 Å². The number of carbonyl (C=O) groups excluding carboxylic acids is 1. The van der Waals surface area contributed by atoms with Crippen molar-refractivity contribution < 1.29 is 26.4 Å². The van der Waals surface area contributed by atoms with Crippen molar-refractivity contribution in [2.24, 2.45) is 5.10 Å². The Bertz CT molecular complexity index is 1490. The molecule has 7 nitrogen and oxygen atoms in total. The summed E-state index contributed by atoms with van der Waals surface area (Å²) in [5.74, 6) is -0.878. The van der Waals surface area contributed by atoms with Gasteiger partial charge in [-0.1, -0.05) is 34.8 Å². The molecule has 14 heteroatoms. The van der Waals surface area contributed by atoms with E-state index < -0.39 is 39.2 Å². The van der Waals surface area contributed by atoms with Crippen LogP contribution in [0.4, 0.5) is 18.9 Å². The number of aromatic nitrogens is 1. The number of alkyl halides is 3. The van der Waals surface area contributed by atoms with E-state index in [0.717, 1.165) is 29.8 Å². The maximum absolute atomic E-state index is 13.2. The standard InChI is InChI=1S/C23H20Cl3F3N4O3S/c1-13-8-15(14(2)33(13)21-9-16(24)4-6-20(21)26)11-30-31-22(34)12-32(37(3,35)36)17-5-7-19(25)18(10-17)23(27,28)29/h4-11H,12H2,1-3H3,(H,31,34)/b30-11-. The summed E-state index contributed by atoms with van der Waals surface area (Å²) in [6.07, 6.45) is -2.70. The highest BCUT2D eigenvalue weighted by Crippen LogP contribution is 2.37. The lowest BCUT2D eigenvalue weighted by Crippen LogP contribution is -2.39. The van der Waals surface area contributed by atoms with Gasteiger partial charge in [-0.2, -0.15) is 18.3 Å². The first-order chi connectivity index (χ1) is 17.1. The normalized spacial score (nSPS) is 12.2. The highest BCUT2D eigenvalue weighted by molar-refractivity contribution is 7.92. The molecule has 0 unspecified atom stereocenters. The Morgan fingerprint density at radius 1 is 1.08 bits per heavy atom. The number of hydrogen-bond donors (Lipinski definition) is 1. The van der Waals surface area contributed by atoms with Gasteiger partial charge >= 0.3 is 6.18 Å². The zero-order valence-electron chi connectivity index (χ0n) is 19.6. The molecule has 0 aliphatic heterocycles. The third-order valence-corrected chi connectivity index (χ3v) is 7.27. The number of halogens is 6. The van der Waals surface area contributed by atoms with E-state index >= 15 is 0 Å². The lowest BCUT2D eigenvalue weighted by molar-refractivity contribution is -0.137. The molecule has 3 rings (SSSR count). The van der Waals surface area contributed by atoms with E-state index in [1.165, 1.54) is 6.21 Å². The molecule has 1 amide bonds. The Balaban J connectivity index is 1.81. The Morgan fingerprint density at radius 2 is 1.73 bits per heavy atom. The van der Waals surface area contributed by atoms with Gasteiger partial charge in [-0.15, -0.1) is 0 Å². The SMILES string of the molecule is Cc1cc(/C=N\NC(=O)CN(c2ccc(Cl)c(C(F)(F)F)c2)S(C)(=O)=O)c(C)n1-c1cc(Cl)ccc1Cl. The quantitative estimate of drug-likeness (QED) is 0.269. The number of hydrazone groups is 1. The summed E-state index contributed by atoms with van der Waals surface area (Å²) >= 11 is 18.0. The van der Waals surface area contributed by atoms with Gasteiger partial charge in [-0.25, -0.2) is 13.8 Å². The Hall–Kier alpha value is -2.73. The number of nitrogens with zero attached hydrogens (tertiary/aromatic N) is 3. The first-order valence-electron chi connectivity index (χ1n) is 10.4. The highest BCUT2D eigenvalue weighted by atomic mass is 35.5. The van der Waals surface area contributed by atoms with E-state index in [0.29, 0.717) is 31.7 Å². The number of carbonyl (C=O) groups is 1. The molecule has 0 bridgehead atoms. The predicted molar refractivity (Wildman–Crippen MR) is 140 cm³/mol. The fraction of sp³-hybridized carbons (Fsp3) is 0.217. The average molecular weight is 596 g/mol. The van der Waals surface area contributed by atoms with E-state index in [1.807, 2.05) is 11.5 Å². The van der Waals surface area contributed by atoms with Crippen molar-refractivity contribution in [3.05, 3.63) is 80.0 Å². The van der Waals surface area contributed by atoms with Gasteiger partial charge in [0.2, 0.25) is 10.0 Å². The second-order valence-corrected chi connectivity index (χ2v) is 11.1. The molecule has 2 aromatic carbocycles. The van der Waals surface area contributed by atoms with Gasteiger partial charge in [0.25, 0.3) is 5.91 Å². The second-order valence-electron chi connectivity index (χ2n) is 7.98. The van der Waals surface area contributed by atoms with E-state index in [-0.39, 0.29) is 5.69 Å². The first kappa shape index (κ1) is 28.8. The molecule has 0 aliphatic carbocycles. The van der Waals surface area contributed by atoms with E-state index in [9.17, 15) is 26.4 Å². The molecular formula is C23H20Cl3F3N4O3S. The molecule has 0 saturated carbocycles. The minimum absolute atomic E-state index is 0.375. The van der Waals surface area contributed by atoms with Crippen LogP contribution < -0.4 is 9.73 Å². The summed E-state index contributed by atoms with van der Waals surface area (Å²) in [7, 11) is -4.13. The largest absolute Gasteiger partial charge is 0.417 e. The maximum Gasteiger partial charge on any atom is 0.417 e. The number of hydrogen-bond acceptors (Lipinski definition) is 4. The van der Waals surface area contributed by atoms with Crippen LogP contribution in [-0.4, -0.2) is 37.9 Å². The molecule has 1 N–H and O–H groups in total. The summed E-state index contributed by atoms with van der Waals surface area (Å²) in [4.78, 5) is 12.5. The maximum atomic E-state index is 13.2. The van der Waals surface area contributed by atoms with Gasteiger partial charge in [-0.3, -0.25) is 9.10 Å². The molecule has 198 valence electrons.